The smallest absolute Gasteiger partial charge is 0.262 e. The summed E-state index contributed by atoms with van der Waals surface area (Å²) in [5.41, 5.74) is 0.941. The van der Waals surface area contributed by atoms with E-state index in [0.29, 0.717) is 22.0 Å². The minimum Gasteiger partial charge on any atom is -0.482 e. The molecule has 0 heterocycles. The van der Waals surface area contributed by atoms with Gasteiger partial charge in [0.1, 0.15) is 5.75 Å². The highest BCUT2D eigenvalue weighted by molar-refractivity contribution is 7.88. The van der Waals surface area contributed by atoms with E-state index in [2.05, 4.69) is 5.32 Å². The van der Waals surface area contributed by atoms with Gasteiger partial charge in [-0.1, -0.05) is 35.9 Å². The first-order valence-corrected chi connectivity index (χ1v) is 8.69. The van der Waals surface area contributed by atoms with E-state index in [4.69, 9.17) is 21.5 Å². The molecule has 8 heteroatoms. The molecule has 0 aliphatic rings. The van der Waals surface area contributed by atoms with Crippen molar-refractivity contribution in [3.05, 3.63) is 59.1 Å². The molecule has 0 saturated carbocycles. The van der Waals surface area contributed by atoms with Crippen molar-refractivity contribution in [2.45, 2.75) is 5.75 Å². The van der Waals surface area contributed by atoms with Crippen LogP contribution >= 0.6 is 11.6 Å². The standard InChI is InChI=1S/C15H15ClN2O4S/c16-13-6-1-2-7-14(13)22-9-15(19)18-12-5-3-4-11(8-12)10-23(17,20)21/h1-8H,9-10H2,(H,18,19)(H2,17,20,21). The van der Waals surface area contributed by atoms with E-state index < -0.39 is 15.9 Å². The van der Waals surface area contributed by atoms with Gasteiger partial charge < -0.3 is 10.1 Å². The molecule has 1 amide bonds. The highest BCUT2D eigenvalue weighted by atomic mass is 35.5. The van der Waals surface area contributed by atoms with E-state index in [9.17, 15) is 13.2 Å². The van der Waals surface area contributed by atoms with Crippen molar-refractivity contribution >= 4 is 33.2 Å². The number of nitrogens with two attached hydrogens (primary N) is 1. The van der Waals surface area contributed by atoms with E-state index in [1.54, 1.807) is 42.5 Å². The van der Waals surface area contributed by atoms with Gasteiger partial charge in [0.25, 0.3) is 5.91 Å². The summed E-state index contributed by atoms with van der Waals surface area (Å²) in [7, 11) is -3.63. The van der Waals surface area contributed by atoms with Crippen molar-refractivity contribution in [3.63, 3.8) is 0 Å². The minimum absolute atomic E-state index is 0.219. The zero-order chi connectivity index (χ0) is 16.9. The van der Waals surface area contributed by atoms with E-state index >= 15 is 0 Å². The van der Waals surface area contributed by atoms with Crippen molar-refractivity contribution in [1.82, 2.24) is 0 Å². The lowest BCUT2D eigenvalue weighted by Gasteiger charge is -2.09. The normalized spacial score (nSPS) is 11.0. The predicted molar refractivity (Wildman–Crippen MR) is 88.8 cm³/mol. The maximum atomic E-state index is 11.9. The van der Waals surface area contributed by atoms with Gasteiger partial charge in [0.2, 0.25) is 10.0 Å². The average molecular weight is 355 g/mol. The number of anilines is 1. The molecule has 0 bridgehead atoms. The summed E-state index contributed by atoms with van der Waals surface area (Å²) < 4.78 is 27.5. The Morgan fingerprint density at radius 2 is 1.91 bits per heavy atom. The maximum absolute atomic E-state index is 11.9. The molecule has 0 aliphatic carbocycles. The van der Waals surface area contributed by atoms with Crippen LogP contribution in [0.5, 0.6) is 5.75 Å². The van der Waals surface area contributed by atoms with Crippen molar-refractivity contribution in [2.24, 2.45) is 5.14 Å². The van der Waals surface area contributed by atoms with Crippen LogP contribution in [0.25, 0.3) is 0 Å². The molecule has 0 aliphatic heterocycles. The number of nitrogens with one attached hydrogen (secondary N) is 1. The van der Waals surface area contributed by atoms with Crippen LogP contribution < -0.4 is 15.2 Å². The summed E-state index contributed by atoms with van der Waals surface area (Å²) in [6.07, 6.45) is 0. The van der Waals surface area contributed by atoms with Gasteiger partial charge in [0.05, 0.1) is 10.8 Å². The number of para-hydroxylation sites is 1. The molecule has 122 valence electrons. The molecule has 23 heavy (non-hydrogen) atoms. The molecule has 0 radical (unpaired) electrons. The SMILES string of the molecule is NS(=O)(=O)Cc1cccc(NC(=O)COc2ccccc2Cl)c1. The van der Waals surface area contributed by atoms with Gasteiger partial charge in [-0.25, -0.2) is 13.6 Å². The molecule has 0 spiro atoms. The highest BCUT2D eigenvalue weighted by Crippen LogP contribution is 2.23. The fourth-order valence-electron chi connectivity index (χ4n) is 1.87. The van der Waals surface area contributed by atoms with Crippen LogP contribution in [-0.2, 0) is 20.6 Å². The minimum atomic E-state index is -3.63. The predicted octanol–water partition coefficient (Wildman–Crippen LogP) is 2.15. The monoisotopic (exact) mass is 354 g/mol. The third kappa shape index (κ3) is 5.90. The number of halogens is 1. The second kappa shape index (κ2) is 7.45. The molecule has 0 saturated heterocycles. The van der Waals surface area contributed by atoms with Crippen LogP contribution in [0.3, 0.4) is 0 Å². The number of carbonyl (C=O) groups excluding carboxylic acids is 1. The van der Waals surface area contributed by atoms with Gasteiger partial charge >= 0.3 is 0 Å². The Kier molecular flexibility index (Phi) is 5.59. The summed E-state index contributed by atoms with van der Waals surface area (Å²) in [4.78, 5) is 11.9. The number of hydrogen-bond acceptors (Lipinski definition) is 4. The number of rotatable bonds is 6. The maximum Gasteiger partial charge on any atom is 0.262 e. The molecule has 0 unspecified atom stereocenters. The van der Waals surface area contributed by atoms with Crippen molar-refractivity contribution in [2.75, 3.05) is 11.9 Å². The third-order valence-electron chi connectivity index (χ3n) is 2.77. The zero-order valence-corrected chi connectivity index (χ0v) is 13.6. The number of sulfonamides is 1. The van der Waals surface area contributed by atoms with Crippen molar-refractivity contribution < 1.29 is 17.9 Å². The Labute approximate surface area is 139 Å². The Hall–Kier alpha value is -2.09. The van der Waals surface area contributed by atoms with E-state index in [1.807, 2.05) is 0 Å². The van der Waals surface area contributed by atoms with Gasteiger partial charge in [0.15, 0.2) is 6.61 Å². The highest BCUT2D eigenvalue weighted by Gasteiger charge is 2.08. The summed E-state index contributed by atoms with van der Waals surface area (Å²) in [5.74, 6) is -0.280. The molecule has 2 rings (SSSR count). The first-order valence-electron chi connectivity index (χ1n) is 6.60. The number of ether oxygens (including phenoxy) is 1. The third-order valence-corrected chi connectivity index (χ3v) is 3.82. The number of amides is 1. The fraction of sp³-hybridized carbons (Fsp3) is 0.133. The summed E-state index contributed by atoms with van der Waals surface area (Å²) in [6, 6.07) is 13.2. The average Bonchev–Trinajstić information content (AvgIpc) is 2.45. The summed E-state index contributed by atoms with van der Waals surface area (Å²) in [5, 5.41) is 8.03. The first-order chi connectivity index (χ1) is 10.8. The quantitative estimate of drug-likeness (QED) is 0.830. The molecular weight excluding hydrogens is 340 g/mol. The largest absolute Gasteiger partial charge is 0.482 e. The van der Waals surface area contributed by atoms with Gasteiger partial charge in [-0.05, 0) is 29.8 Å². The Bertz CT molecular complexity index is 809. The second-order valence-electron chi connectivity index (χ2n) is 4.77. The first kappa shape index (κ1) is 17.3. The van der Waals surface area contributed by atoms with Crippen LogP contribution in [0.2, 0.25) is 5.02 Å². The summed E-state index contributed by atoms with van der Waals surface area (Å²) >= 11 is 5.92. The number of primary sulfonamides is 1. The topological polar surface area (TPSA) is 98.5 Å². The number of benzene rings is 2. The van der Waals surface area contributed by atoms with Crippen LogP contribution in [0.1, 0.15) is 5.56 Å². The van der Waals surface area contributed by atoms with E-state index in [-0.39, 0.29) is 12.4 Å². The lowest BCUT2D eigenvalue weighted by atomic mass is 10.2. The van der Waals surface area contributed by atoms with Crippen LogP contribution in [0, 0.1) is 0 Å². The van der Waals surface area contributed by atoms with Gasteiger partial charge in [0, 0.05) is 5.69 Å². The number of carbonyl (C=O) groups is 1. The van der Waals surface area contributed by atoms with Crippen LogP contribution in [0.4, 0.5) is 5.69 Å². The summed E-state index contributed by atoms with van der Waals surface area (Å²) in [6.45, 7) is -0.219. The van der Waals surface area contributed by atoms with Crippen molar-refractivity contribution in [1.29, 1.82) is 0 Å². The Morgan fingerprint density at radius 3 is 2.61 bits per heavy atom. The fourth-order valence-corrected chi connectivity index (χ4v) is 2.71. The zero-order valence-electron chi connectivity index (χ0n) is 12.0. The lowest BCUT2D eigenvalue weighted by molar-refractivity contribution is -0.118. The molecule has 3 N–H and O–H groups in total. The molecule has 0 aromatic heterocycles. The Balaban J connectivity index is 1.95. The van der Waals surface area contributed by atoms with Gasteiger partial charge in [-0.15, -0.1) is 0 Å². The van der Waals surface area contributed by atoms with Crippen molar-refractivity contribution in [3.8, 4) is 5.75 Å². The van der Waals surface area contributed by atoms with Gasteiger partial charge in [-0.3, -0.25) is 4.79 Å². The molecule has 0 atom stereocenters. The Morgan fingerprint density at radius 1 is 1.17 bits per heavy atom. The molecule has 2 aromatic rings. The van der Waals surface area contributed by atoms with Gasteiger partial charge in [-0.2, -0.15) is 0 Å². The molecule has 2 aromatic carbocycles. The van der Waals surface area contributed by atoms with E-state index in [1.165, 1.54) is 6.07 Å². The van der Waals surface area contributed by atoms with E-state index in [0.717, 1.165) is 0 Å². The molecule has 6 nitrogen and oxygen atoms in total. The number of hydrogen-bond donors (Lipinski definition) is 2. The lowest BCUT2D eigenvalue weighted by Crippen LogP contribution is -2.20. The molecule has 0 fully saturated rings. The van der Waals surface area contributed by atoms with Crippen LogP contribution in [0.15, 0.2) is 48.5 Å². The second-order valence-corrected chi connectivity index (χ2v) is 6.80. The van der Waals surface area contributed by atoms with Crippen LogP contribution in [-0.4, -0.2) is 20.9 Å². The molecular formula is C15H15ClN2O4S.